The number of carbonyl (C=O) groups excluding carboxylic acids is 1. The SMILES string of the molecule is Cc1cc(C=C2SC(=S)N(CC(=O)O)C2=O)c(C)n1C(C)C. The van der Waals surface area contributed by atoms with Gasteiger partial charge in [0.25, 0.3) is 5.91 Å². The third-order valence-corrected chi connectivity index (χ3v) is 4.87. The molecule has 0 unspecified atom stereocenters. The summed E-state index contributed by atoms with van der Waals surface area (Å²) in [7, 11) is 0. The number of carboxylic acids is 1. The van der Waals surface area contributed by atoms with Gasteiger partial charge in [0.15, 0.2) is 0 Å². The lowest BCUT2D eigenvalue weighted by atomic mass is 10.2. The predicted octanol–water partition coefficient (Wildman–Crippen LogP) is 2.97. The monoisotopic (exact) mass is 338 g/mol. The van der Waals surface area contributed by atoms with E-state index in [1.165, 1.54) is 0 Å². The zero-order valence-electron chi connectivity index (χ0n) is 12.9. The number of thioether (sulfide) groups is 1. The number of carbonyl (C=O) groups is 2. The van der Waals surface area contributed by atoms with Crippen LogP contribution in [-0.4, -0.2) is 37.3 Å². The average molecular weight is 338 g/mol. The standard InChI is InChI=1S/C15H18N2O3S2/c1-8(2)17-9(3)5-11(10(17)4)6-12-14(20)16(7-13(18)19)15(21)22-12/h5-6,8H,7H2,1-4H3,(H,18,19). The molecule has 1 aromatic rings. The molecule has 5 nitrogen and oxygen atoms in total. The summed E-state index contributed by atoms with van der Waals surface area (Å²) in [5, 5.41) is 8.84. The fraction of sp³-hybridized carbons (Fsp3) is 0.400. The normalized spacial score (nSPS) is 17.1. The van der Waals surface area contributed by atoms with Gasteiger partial charge in [-0.05, 0) is 45.4 Å². The lowest BCUT2D eigenvalue weighted by molar-refractivity contribution is -0.140. The van der Waals surface area contributed by atoms with Crippen molar-refractivity contribution in [1.29, 1.82) is 0 Å². The van der Waals surface area contributed by atoms with E-state index in [4.69, 9.17) is 17.3 Å². The van der Waals surface area contributed by atoms with Crippen molar-refractivity contribution in [1.82, 2.24) is 9.47 Å². The largest absolute Gasteiger partial charge is 0.480 e. The summed E-state index contributed by atoms with van der Waals surface area (Å²) in [6.45, 7) is 7.86. The number of hydrogen-bond donors (Lipinski definition) is 1. The highest BCUT2D eigenvalue weighted by atomic mass is 32.2. The molecule has 7 heteroatoms. The summed E-state index contributed by atoms with van der Waals surface area (Å²) in [5.41, 5.74) is 3.16. The van der Waals surface area contributed by atoms with E-state index in [0.29, 0.717) is 10.9 Å². The first-order valence-electron chi connectivity index (χ1n) is 6.88. The molecule has 2 rings (SSSR count). The Morgan fingerprint density at radius 3 is 2.59 bits per heavy atom. The number of aromatic nitrogens is 1. The highest BCUT2D eigenvalue weighted by molar-refractivity contribution is 8.26. The van der Waals surface area contributed by atoms with Gasteiger partial charge in [-0.1, -0.05) is 24.0 Å². The topological polar surface area (TPSA) is 62.5 Å². The molecule has 0 aromatic carbocycles. The Morgan fingerprint density at radius 1 is 1.45 bits per heavy atom. The van der Waals surface area contributed by atoms with E-state index < -0.39 is 12.5 Å². The summed E-state index contributed by atoms with van der Waals surface area (Å²) in [6, 6.07) is 2.36. The van der Waals surface area contributed by atoms with Crippen molar-refractivity contribution in [3.8, 4) is 0 Å². The second-order valence-corrected chi connectivity index (χ2v) is 7.13. The van der Waals surface area contributed by atoms with Crippen molar-refractivity contribution in [3.63, 3.8) is 0 Å². The third-order valence-electron chi connectivity index (χ3n) is 3.49. The van der Waals surface area contributed by atoms with Gasteiger partial charge in [0.2, 0.25) is 0 Å². The molecule has 0 radical (unpaired) electrons. The number of hydrogen-bond acceptors (Lipinski definition) is 4. The van der Waals surface area contributed by atoms with E-state index in [-0.39, 0.29) is 10.2 Å². The molecule has 0 atom stereocenters. The van der Waals surface area contributed by atoms with Gasteiger partial charge < -0.3 is 9.67 Å². The van der Waals surface area contributed by atoms with Crippen LogP contribution in [-0.2, 0) is 9.59 Å². The Hall–Kier alpha value is -1.60. The Bertz CT molecular complexity index is 689. The highest BCUT2D eigenvalue weighted by Crippen LogP contribution is 2.33. The van der Waals surface area contributed by atoms with Crippen molar-refractivity contribution in [2.45, 2.75) is 33.7 Å². The molecule has 118 valence electrons. The fourth-order valence-electron chi connectivity index (χ4n) is 2.66. The Balaban J connectivity index is 2.35. The van der Waals surface area contributed by atoms with Crippen LogP contribution in [0.25, 0.3) is 6.08 Å². The van der Waals surface area contributed by atoms with Gasteiger partial charge in [-0.2, -0.15) is 0 Å². The minimum absolute atomic E-state index is 0.288. The number of thiocarbonyl (C=S) groups is 1. The average Bonchev–Trinajstić information content (AvgIpc) is 2.81. The van der Waals surface area contributed by atoms with Crippen molar-refractivity contribution >= 4 is 46.3 Å². The number of carboxylic acid groups (broad SMARTS) is 1. The van der Waals surface area contributed by atoms with Gasteiger partial charge in [-0.3, -0.25) is 14.5 Å². The maximum atomic E-state index is 12.3. The highest BCUT2D eigenvalue weighted by Gasteiger charge is 2.33. The van der Waals surface area contributed by atoms with Gasteiger partial charge in [-0.15, -0.1) is 0 Å². The fourth-order valence-corrected chi connectivity index (χ4v) is 3.90. The van der Waals surface area contributed by atoms with Gasteiger partial charge in [0.1, 0.15) is 10.9 Å². The van der Waals surface area contributed by atoms with Crippen LogP contribution in [0.4, 0.5) is 0 Å². The summed E-state index contributed by atoms with van der Waals surface area (Å²) in [4.78, 5) is 24.7. The van der Waals surface area contributed by atoms with E-state index in [1.807, 2.05) is 19.9 Å². The van der Waals surface area contributed by atoms with Crippen molar-refractivity contribution in [3.05, 3.63) is 27.9 Å². The minimum Gasteiger partial charge on any atom is -0.480 e. The Kier molecular flexibility index (Phi) is 4.77. The molecule has 1 aliphatic heterocycles. The summed E-state index contributed by atoms with van der Waals surface area (Å²) >= 11 is 6.24. The van der Waals surface area contributed by atoms with E-state index in [0.717, 1.165) is 33.6 Å². The molecule has 0 aliphatic carbocycles. The minimum atomic E-state index is -1.07. The summed E-state index contributed by atoms with van der Waals surface area (Å²) in [5.74, 6) is -1.41. The first kappa shape index (κ1) is 16.8. The molecule has 2 heterocycles. The molecule has 1 aromatic heterocycles. The van der Waals surface area contributed by atoms with E-state index in [9.17, 15) is 9.59 Å². The summed E-state index contributed by atoms with van der Waals surface area (Å²) < 4.78 is 2.49. The lowest BCUT2D eigenvalue weighted by Crippen LogP contribution is -2.33. The molecule has 0 spiro atoms. The molecule has 1 saturated heterocycles. The second kappa shape index (κ2) is 6.26. The zero-order valence-corrected chi connectivity index (χ0v) is 14.5. The van der Waals surface area contributed by atoms with E-state index in [1.54, 1.807) is 6.08 Å². The van der Waals surface area contributed by atoms with E-state index in [2.05, 4.69) is 18.4 Å². The van der Waals surface area contributed by atoms with Crippen LogP contribution in [0.3, 0.4) is 0 Å². The smallest absolute Gasteiger partial charge is 0.323 e. The quantitative estimate of drug-likeness (QED) is 0.675. The number of rotatable bonds is 4. The predicted molar refractivity (Wildman–Crippen MR) is 91.8 cm³/mol. The van der Waals surface area contributed by atoms with Crippen molar-refractivity contribution in [2.24, 2.45) is 0 Å². The van der Waals surface area contributed by atoms with E-state index >= 15 is 0 Å². The number of nitrogens with zero attached hydrogens (tertiary/aromatic N) is 2. The Labute approximate surface area is 139 Å². The van der Waals surface area contributed by atoms with Crippen LogP contribution in [0, 0.1) is 13.8 Å². The number of aliphatic carboxylic acids is 1. The molecule has 0 saturated carbocycles. The number of amides is 1. The van der Waals surface area contributed by atoms with Crippen LogP contribution in [0.2, 0.25) is 0 Å². The van der Waals surface area contributed by atoms with Crippen molar-refractivity contribution < 1.29 is 14.7 Å². The van der Waals surface area contributed by atoms with Gasteiger partial charge in [-0.25, -0.2) is 0 Å². The maximum absolute atomic E-state index is 12.3. The first-order valence-corrected chi connectivity index (χ1v) is 8.10. The molecule has 1 amide bonds. The molecule has 1 fully saturated rings. The van der Waals surface area contributed by atoms with Crippen LogP contribution in [0.1, 0.15) is 36.8 Å². The Morgan fingerprint density at radius 2 is 2.09 bits per heavy atom. The van der Waals surface area contributed by atoms with Crippen LogP contribution >= 0.6 is 24.0 Å². The lowest BCUT2D eigenvalue weighted by Gasteiger charge is -2.13. The van der Waals surface area contributed by atoms with Crippen LogP contribution < -0.4 is 0 Å². The third kappa shape index (κ3) is 3.10. The molecule has 0 bridgehead atoms. The molecular formula is C15H18N2O3S2. The van der Waals surface area contributed by atoms with Gasteiger partial charge >= 0.3 is 5.97 Å². The van der Waals surface area contributed by atoms with Crippen LogP contribution in [0.15, 0.2) is 11.0 Å². The molecule has 22 heavy (non-hydrogen) atoms. The van der Waals surface area contributed by atoms with Crippen LogP contribution in [0.5, 0.6) is 0 Å². The van der Waals surface area contributed by atoms with Gasteiger partial charge in [0, 0.05) is 17.4 Å². The molecule has 1 aliphatic rings. The molecule has 1 N–H and O–H groups in total. The zero-order chi connectivity index (χ0) is 16.6. The summed E-state index contributed by atoms with van der Waals surface area (Å²) in [6.07, 6.45) is 1.79. The number of aryl methyl sites for hydroxylation is 1. The molecular weight excluding hydrogens is 320 g/mol. The van der Waals surface area contributed by atoms with Gasteiger partial charge in [0.05, 0.1) is 4.91 Å². The maximum Gasteiger partial charge on any atom is 0.323 e. The first-order chi connectivity index (χ1) is 10.2. The second-order valence-electron chi connectivity index (χ2n) is 5.45. The van der Waals surface area contributed by atoms with Crippen molar-refractivity contribution in [2.75, 3.05) is 6.54 Å².